The van der Waals surface area contributed by atoms with Crippen LogP contribution in [0.1, 0.15) is 25.0 Å². The molecule has 0 aliphatic carbocycles. The Hall–Kier alpha value is -1.32. The minimum absolute atomic E-state index is 0.212. The van der Waals surface area contributed by atoms with Crippen LogP contribution in [0.25, 0.3) is 0 Å². The van der Waals surface area contributed by atoms with Gasteiger partial charge in [0.2, 0.25) is 0 Å². The van der Waals surface area contributed by atoms with Crippen molar-refractivity contribution in [3.8, 4) is 0 Å². The average Bonchev–Trinajstić information content (AvgIpc) is 2.62. The van der Waals surface area contributed by atoms with Gasteiger partial charge in [0, 0.05) is 0 Å². The van der Waals surface area contributed by atoms with E-state index < -0.39 is 11.8 Å². The fourth-order valence-electron chi connectivity index (χ4n) is 2.27. The van der Waals surface area contributed by atoms with E-state index in [1.54, 1.807) is 6.07 Å². The fraction of sp³-hybridized carbons (Fsp3) is 0.286. The lowest BCUT2D eigenvalue weighted by atomic mass is 10.0. The zero-order chi connectivity index (χ0) is 14.2. The van der Waals surface area contributed by atoms with Gasteiger partial charge >= 0.3 is 0 Å². The molecule has 0 saturated heterocycles. The molecule has 2 amide bonds. The molecule has 1 aliphatic heterocycles. The van der Waals surface area contributed by atoms with Crippen LogP contribution in [0.4, 0.5) is 5.69 Å². The van der Waals surface area contributed by atoms with E-state index in [2.05, 4.69) is 0 Å². The quantitative estimate of drug-likeness (QED) is 0.802. The van der Waals surface area contributed by atoms with Crippen molar-refractivity contribution < 1.29 is 9.59 Å². The van der Waals surface area contributed by atoms with E-state index in [0.29, 0.717) is 5.69 Å². The summed E-state index contributed by atoms with van der Waals surface area (Å²) in [4.78, 5) is 25.1. The van der Waals surface area contributed by atoms with Crippen LogP contribution < -0.4 is 4.90 Å². The smallest absolute Gasteiger partial charge is 0.267 e. The van der Waals surface area contributed by atoms with Crippen LogP contribution in [0.2, 0.25) is 0 Å². The van der Waals surface area contributed by atoms with Crippen molar-refractivity contribution in [2.75, 3.05) is 4.90 Å². The Morgan fingerprint density at radius 1 is 1.00 bits per heavy atom. The van der Waals surface area contributed by atoms with Crippen molar-refractivity contribution in [3.05, 3.63) is 39.4 Å². The van der Waals surface area contributed by atoms with E-state index in [1.807, 2.05) is 26.0 Å². The van der Waals surface area contributed by atoms with Crippen molar-refractivity contribution in [1.29, 1.82) is 0 Å². The Morgan fingerprint density at radius 3 is 2.05 bits per heavy atom. The number of amides is 2. The van der Waals surface area contributed by atoms with Gasteiger partial charge in [0.25, 0.3) is 11.8 Å². The summed E-state index contributed by atoms with van der Waals surface area (Å²) >= 11 is 11.5. The van der Waals surface area contributed by atoms with Gasteiger partial charge in [0.15, 0.2) is 0 Å². The molecule has 0 saturated carbocycles. The number of aryl methyl sites for hydroxylation is 1. The van der Waals surface area contributed by atoms with E-state index >= 15 is 0 Å². The SMILES string of the molecule is CCc1cccc(N2C(=O)C(Cl)=C(Cl)C2=O)c1CC. The lowest BCUT2D eigenvalue weighted by Crippen LogP contribution is -2.32. The summed E-state index contributed by atoms with van der Waals surface area (Å²) in [6, 6.07) is 5.56. The van der Waals surface area contributed by atoms with Crippen LogP contribution in [-0.2, 0) is 22.4 Å². The van der Waals surface area contributed by atoms with Gasteiger partial charge in [-0.1, -0.05) is 49.2 Å². The van der Waals surface area contributed by atoms with E-state index in [9.17, 15) is 9.59 Å². The van der Waals surface area contributed by atoms with E-state index in [4.69, 9.17) is 23.2 Å². The van der Waals surface area contributed by atoms with Crippen LogP contribution in [0.3, 0.4) is 0 Å². The number of hydrogen-bond donors (Lipinski definition) is 0. The Labute approximate surface area is 121 Å². The summed E-state index contributed by atoms with van der Waals surface area (Å²) < 4.78 is 0. The zero-order valence-corrected chi connectivity index (χ0v) is 12.2. The molecule has 2 rings (SSSR count). The highest BCUT2D eigenvalue weighted by Crippen LogP contribution is 2.34. The third-order valence-electron chi connectivity index (χ3n) is 3.20. The maximum atomic E-state index is 12.0. The predicted molar refractivity (Wildman–Crippen MR) is 76.4 cm³/mol. The molecule has 0 fully saturated rings. The molecule has 5 heteroatoms. The number of nitrogens with zero attached hydrogens (tertiary/aromatic N) is 1. The molecule has 1 heterocycles. The first-order chi connectivity index (χ1) is 9.02. The summed E-state index contributed by atoms with van der Waals surface area (Å²) in [5, 5.41) is -0.425. The highest BCUT2D eigenvalue weighted by atomic mass is 35.5. The molecule has 19 heavy (non-hydrogen) atoms. The molecule has 0 unspecified atom stereocenters. The summed E-state index contributed by atoms with van der Waals surface area (Å²) in [5.74, 6) is -1.11. The maximum Gasteiger partial charge on any atom is 0.278 e. The molecule has 1 aromatic carbocycles. The van der Waals surface area contributed by atoms with Crippen molar-refractivity contribution in [2.24, 2.45) is 0 Å². The molecular weight excluding hydrogens is 285 g/mol. The molecule has 3 nitrogen and oxygen atoms in total. The van der Waals surface area contributed by atoms with Crippen LogP contribution >= 0.6 is 23.2 Å². The molecule has 0 radical (unpaired) electrons. The number of anilines is 1. The van der Waals surface area contributed by atoms with Gasteiger partial charge in [-0.3, -0.25) is 9.59 Å². The topological polar surface area (TPSA) is 37.4 Å². The van der Waals surface area contributed by atoms with E-state index in [1.165, 1.54) is 0 Å². The lowest BCUT2D eigenvalue weighted by molar-refractivity contribution is -0.120. The Morgan fingerprint density at radius 2 is 1.58 bits per heavy atom. The second-order valence-electron chi connectivity index (χ2n) is 4.20. The molecule has 0 N–H and O–H groups in total. The first-order valence-electron chi connectivity index (χ1n) is 6.07. The minimum Gasteiger partial charge on any atom is -0.267 e. The number of carbonyl (C=O) groups excluding carboxylic acids is 2. The maximum absolute atomic E-state index is 12.0. The zero-order valence-electron chi connectivity index (χ0n) is 10.7. The highest BCUT2D eigenvalue weighted by molar-refractivity contribution is 6.62. The summed E-state index contributed by atoms with van der Waals surface area (Å²) in [7, 11) is 0. The summed E-state index contributed by atoms with van der Waals surface area (Å²) in [6.45, 7) is 4.02. The number of rotatable bonds is 3. The molecule has 0 bridgehead atoms. The molecule has 100 valence electrons. The van der Waals surface area contributed by atoms with Crippen LogP contribution in [0.15, 0.2) is 28.3 Å². The van der Waals surface area contributed by atoms with Crippen LogP contribution in [-0.4, -0.2) is 11.8 Å². The van der Waals surface area contributed by atoms with Gasteiger partial charge in [-0.15, -0.1) is 0 Å². The van der Waals surface area contributed by atoms with Gasteiger partial charge in [-0.2, -0.15) is 0 Å². The predicted octanol–water partition coefficient (Wildman–Crippen LogP) is 3.37. The fourth-order valence-corrected chi connectivity index (χ4v) is 2.60. The normalized spacial score (nSPS) is 15.7. The number of carbonyl (C=O) groups is 2. The number of imide groups is 1. The molecule has 0 atom stereocenters. The van der Waals surface area contributed by atoms with Gasteiger partial charge in [-0.05, 0) is 30.0 Å². The van der Waals surface area contributed by atoms with Gasteiger partial charge in [-0.25, -0.2) is 4.90 Å². The summed E-state index contributed by atoms with van der Waals surface area (Å²) in [5.41, 5.74) is 2.66. The van der Waals surface area contributed by atoms with Crippen molar-refractivity contribution >= 4 is 40.7 Å². The third-order valence-corrected chi connectivity index (χ3v) is 4.00. The van der Waals surface area contributed by atoms with E-state index in [0.717, 1.165) is 28.9 Å². The average molecular weight is 298 g/mol. The number of hydrogen-bond acceptors (Lipinski definition) is 2. The highest BCUT2D eigenvalue weighted by Gasteiger charge is 2.38. The molecule has 0 aromatic heterocycles. The minimum atomic E-state index is -0.556. The van der Waals surface area contributed by atoms with Crippen LogP contribution in [0, 0.1) is 0 Å². The molecule has 1 aliphatic rings. The summed E-state index contributed by atoms with van der Waals surface area (Å²) in [6.07, 6.45) is 1.56. The first kappa shape index (κ1) is 14.1. The molecule has 1 aromatic rings. The van der Waals surface area contributed by atoms with Crippen molar-refractivity contribution in [3.63, 3.8) is 0 Å². The van der Waals surface area contributed by atoms with Crippen LogP contribution in [0.5, 0.6) is 0 Å². The second kappa shape index (κ2) is 5.35. The first-order valence-corrected chi connectivity index (χ1v) is 6.83. The number of benzene rings is 1. The Kier molecular flexibility index (Phi) is 3.97. The van der Waals surface area contributed by atoms with Gasteiger partial charge in [0.05, 0.1) is 5.69 Å². The lowest BCUT2D eigenvalue weighted by Gasteiger charge is -2.20. The van der Waals surface area contributed by atoms with Crippen molar-refractivity contribution in [1.82, 2.24) is 0 Å². The van der Waals surface area contributed by atoms with Gasteiger partial charge in [0.1, 0.15) is 10.1 Å². The Balaban J connectivity index is 2.56. The second-order valence-corrected chi connectivity index (χ2v) is 4.95. The monoisotopic (exact) mass is 297 g/mol. The largest absolute Gasteiger partial charge is 0.278 e. The van der Waals surface area contributed by atoms with Crippen molar-refractivity contribution in [2.45, 2.75) is 26.7 Å². The van der Waals surface area contributed by atoms with Gasteiger partial charge < -0.3 is 0 Å². The molecular formula is C14H13Cl2NO2. The Bertz CT molecular complexity index is 569. The molecule has 0 spiro atoms. The number of halogens is 2. The third kappa shape index (κ3) is 2.17. The standard InChI is InChI=1S/C14H13Cl2NO2/c1-3-8-6-5-7-10(9(8)4-2)17-13(18)11(15)12(16)14(17)19/h5-7H,3-4H2,1-2H3. The van der Waals surface area contributed by atoms with E-state index in [-0.39, 0.29) is 10.1 Å².